The molecule has 0 aliphatic carbocycles. The molecule has 46 heavy (non-hydrogen) atoms. The average molecular weight is 652 g/mol. The molecule has 6 rings (SSSR count). The van der Waals surface area contributed by atoms with Crippen LogP contribution in [-0.2, 0) is 31.9 Å². The molecule has 2 aromatic rings. The number of piperidine rings is 3. The molecule has 3 fully saturated rings. The smallest absolute Gasteiger partial charge is 0.321 e. The lowest BCUT2D eigenvalue weighted by molar-refractivity contribution is -0.136. The third kappa shape index (κ3) is 6.75. The fourth-order valence-electron chi connectivity index (χ4n) is 6.98. The Balaban J connectivity index is 1.00. The lowest BCUT2D eigenvalue weighted by Gasteiger charge is -2.41. The van der Waals surface area contributed by atoms with Crippen LogP contribution < -0.4 is 15.4 Å². The molecule has 2 N–H and O–H groups in total. The summed E-state index contributed by atoms with van der Waals surface area (Å²) in [5, 5.41) is 5.24. The first-order valence-electron chi connectivity index (χ1n) is 16.0. The van der Waals surface area contributed by atoms with Crippen LogP contribution in [0.2, 0.25) is 0 Å². The molecule has 4 heterocycles. The van der Waals surface area contributed by atoms with Crippen LogP contribution in [0, 0.1) is 0 Å². The second-order valence-electron chi connectivity index (χ2n) is 13.3. The highest BCUT2D eigenvalue weighted by Crippen LogP contribution is 2.33. The Labute approximate surface area is 269 Å². The number of ether oxygens (including phenoxy) is 1. The van der Waals surface area contributed by atoms with Gasteiger partial charge in [-0.05, 0) is 74.6 Å². The van der Waals surface area contributed by atoms with E-state index in [0.717, 1.165) is 24.8 Å². The molecule has 1 unspecified atom stereocenters. The van der Waals surface area contributed by atoms with Gasteiger partial charge in [0.2, 0.25) is 21.8 Å². The van der Waals surface area contributed by atoms with Crippen LogP contribution in [0.15, 0.2) is 42.5 Å². The highest BCUT2D eigenvalue weighted by atomic mass is 32.2. The van der Waals surface area contributed by atoms with E-state index < -0.39 is 27.5 Å². The largest absolute Gasteiger partial charge is 0.490 e. The van der Waals surface area contributed by atoms with Crippen molar-refractivity contribution in [3.05, 3.63) is 59.2 Å². The number of rotatable bonds is 7. The molecule has 4 aliphatic heterocycles. The van der Waals surface area contributed by atoms with Gasteiger partial charge in [-0.2, -0.15) is 4.31 Å². The quantitative estimate of drug-likeness (QED) is 0.435. The number of likely N-dealkylation sites (tertiary alicyclic amines) is 1. The molecule has 2 aromatic carbocycles. The summed E-state index contributed by atoms with van der Waals surface area (Å²) in [5.41, 5.74) is 2.08. The minimum Gasteiger partial charge on any atom is -0.490 e. The molecular formula is C33H41N5O7S. The van der Waals surface area contributed by atoms with E-state index in [-0.39, 0.29) is 42.7 Å². The van der Waals surface area contributed by atoms with Crippen LogP contribution in [-0.4, -0.2) is 83.6 Å². The maximum atomic E-state index is 13.3. The third-order valence-electron chi connectivity index (χ3n) is 9.46. The number of nitrogens with one attached hydrogen (secondary N) is 2. The van der Waals surface area contributed by atoms with Gasteiger partial charge in [0, 0.05) is 62.2 Å². The lowest BCUT2D eigenvalue weighted by atomic mass is 9.93. The van der Waals surface area contributed by atoms with Gasteiger partial charge < -0.3 is 19.9 Å². The van der Waals surface area contributed by atoms with E-state index >= 15 is 0 Å². The molecular weight excluding hydrogens is 610 g/mol. The van der Waals surface area contributed by atoms with Gasteiger partial charge in [0.1, 0.15) is 17.9 Å². The van der Waals surface area contributed by atoms with E-state index in [0.29, 0.717) is 61.5 Å². The first-order chi connectivity index (χ1) is 21.9. The first kappa shape index (κ1) is 32.0. The summed E-state index contributed by atoms with van der Waals surface area (Å²) in [4.78, 5) is 53.1. The van der Waals surface area contributed by atoms with Gasteiger partial charge in [-0.15, -0.1) is 0 Å². The minimum absolute atomic E-state index is 0.113. The molecule has 0 spiro atoms. The zero-order valence-corrected chi connectivity index (χ0v) is 27.1. The first-order valence-corrected chi connectivity index (χ1v) is 17.6. The zero-order valence-electron chi connectivity index (χ0n) is 26.3. The van der Waals surface area contributed by atoms with Gasteiger partial charge in [-0.1, -0.05) is 18.6 Å². The molecule has 0 aromatic heterocycles. The van der Waals surface area contributed by atoms with Gasteiger partial charge in [0.25, 0.3) is 5.91 Å². The summed E-state index contributed by atoms with van der Waals surface area (Å²) in [6, 6.07) is 11.4. The summed E-state index contributed by atoms with van der Waals surface area (Å²) >= 11 is 0. The number of hydrogen-bond donors (Lipinski definition) is 2. The Bertz CT molecular complexity index is 1650. The van der Waals surface area contributed by atoms with Crippen molar-refractivity contribution in [2.75, 3.05) is 25.0 Å². The topological polar surface area (TPSA) is 145 Å². The Kier molecular flexibility index (Phi) is 8.81. The third-order valence-corrected chi connectivity index (χ3v) is 11.5. The molecule has 1 atom stereocenters. The second kappa shape index (κ2) is 12.7. The fourth-order valence-corrected chi connectivity index (χ4v) is 8.99. The number of urea groups is 1. The standard InChI is InChI=1S/C33H41N5O7S/c1-33(2)14-3-4-15-38(33)46(43,44)21-22-6-5-7-24(18-22)34-32(42)36-16-12-25(13-17-36)45-26-8-9-27-23(19-26)20-37(31(27)41)28-10-11-29(39)35-30(28)40/h5-9,18-19,25,28H,3-4,10-17,20-21H2,1-2H3,(H,34,42)(H,35,39,40). The van der Waals surface area contributed by atoms with E-state index in [1.165, 1.54) is 4.90 Å². The zero-order chi connectivity index (χ0) is 32.6. The molecule has 4 aliphatic rings. The molecule has 13 heteroatoms. The summed E-state index contributed by atoms with van der Waals surface area (Å²) < 4.78 is 34.4. The number of imide groups is 1. The van der Waals surface area contributed by atoms with Crippen molar-refractivity contribution in [2.45, 2.75) is 88.8 Å². The molecule has 5 amide bonds. The monoisotopic (exact) mass is 651 g/mol. The van der Waals surface area contributed by atoms with Crippen LogP contribution in [0.3, 0.4) is 0 Å². The van der Waals surface area contributed by atoms with Gasteiger partial charge in [-0.25, -0.2) is 13.2 Å². The van der Waals surface area contributed by atoms with Gasteiger partial charge >= 0.3 is 6.03 Å². The molecule has 0 radical (unpaired) electrons. The summed E-state index contributed by atoms with van der Waals surface area (Å²) in [6.07, 6.45) is 4.36. The molecule has 246 valence electrons. The highest BCUT2D eigenvalue weighted by molar-refractivity contribution is 7.88. The lowest BCUT2D eigenvalue weighted by Crippen LogP contribution is -2.52. The number of benzene rings is 2. The summed E-state index contributed by atoms with van der Waals surface area (Å²) in [7, 11) is -3.51. The average Bonchev–Trinajstić information content (AvgIpc) is 3.32. The van der Waals surface area contributed by atoms with E-state index in [1.807, 2.05) is 19.9 Å². The summed E-state index contributed by atoms with van der Waals surface area (Å²) in [5.74, 6) is -0.483. The Morgan fingerprint density at radius 1 is 1.02 bits per heavy atom. The Morgan fingerprint density at radius 2 is 1.80 bits per heavy atom. The van der Waals surface area contributed by atoms with Gasteiger partial charge in [0.15, 0.2) is 0 Å². The molecule has 0 saturated carbocycles. The predicted molar refractivity (Wildman–Crippen MR) is 170 cm³/mol. The van der Waals surface area contributed by atoms with Crippen molar-refractivity contribution in [1.82, 2.24) is 19.4 Å². The number of fused-ring (bicyclic) bond motifs is 1. The normalized spacial score (nSPS) is 22.4. The number of carbonyl (C=O) groups is 4. The van der Waals surface area contributed by atoms with E-state index in [2.05, 4.69) is 10.6 Å². The van der Waals surface area contributed by atoms with Crippen molar-refractivity contribution in [3.8, 4) is 5.75 Å². The number of sulfonamides is 1. The summed E-state index contributed by atoms with van der Waals surface area (Å²) in [6.45, 7) is 5.73. The molecule has 3 saturated heterocycles. The Morgan fingerprint density at radius 3 is 2.54 bits per heavy atom. The maximum absolute atomic E-state index is 13.3. The van der Waals surface area contributed by atoms with Crippen molar-refractivity contribution < 1.29 is 32.3 Å². The van der Waals surface area contributed by atoms with Gasteiger partial charge in [0.05, 0.1) is 5.75 Å². The van der Waals surface area contributed by atoms with E-state index in [1.54, 1.807) is 45.6 Å². The molecule has 0 bridgehead atoms. The number of amides is 5. The van der Waals surface area contributed by atoms with Crippen LogP contribution >= 0.6 is 0 Å². The number of carbonyl (C=O) groups excluding carboxylic acids is 4. The highest BCUT2D eigenvalue weighted by Gasteiger charge is 2.40. The van der Waals surface area contributed by atoms with Crippen LogP contribution in [0.1, 0.15) is 80.3 Å². The molecule has 12 nitrogen and oxygen atoms in total. The van der Waals surface area contributed by atoms with Gasteiger partial charge in [-0.3, -0.25) is 19.7 Å². The van der Waals surface area contributed by atoms with Crippen LogP contribution in [0.25, 0.3) is 0 Å². The van der Waals surface area contributed by atoms with E-state index in [9.17, 15) is 27.6 Å². The van der Waals surface area contributed by atoms with Crippen molar-refractivity contribution >= 4 is 39.5 Å². The second-order valence-corrected chi connectivity index (χ2v) is 15.1. The van der Waals surface area contributed by atoms with E-state index in [4.69, 9.17) is 4.74 Å². The van der Waals surface area contributed by atoms with Crippen LogP contribution in [0.4, 0.5) is 10.5 Å². The Hall–Kier alpha value is -3.97. The fraction of sp³-hybridized carbons (Fsp3) is 0.515. The van der Waals surface area contributed by atoms with Crippen molar-refractivity contribution in [2.24, 2.45) is 0 Å². The van der Waals surface area contributed by atoms with Crippen molar-refractivity contribution in [1.29, 1.82) is 0 Å². The SMILES string of the molecule is CC1(C)CCCCN1S(=O)(=O)Cc1cccc(NC(=O)N2CCC(Oc3ccc4c(c3)CN(C3CCC(=O)NC3=O)C4=O)CC2)c1. The number of anilines is 1. The van der Waals surface area contributed by atoms with Crippen molar-refractivity contribution in [3.63, 3.8) is 0 Å². The van der Waals surface area contributed by atoms with Crippen LogP contribution in [0.5, 0.6) is 5.75 Å². The number of hydrogen-bond acceptors (Lipinski definition) is 7. The number of nitrogens with zero attached hydrogens (tertiary/aromatic N) is 3. The maximum Gasteiger partial charge on any atom is 0.321 e. The predicted octanol–water partition coefficient (Wildman–Crippen LogP) is 3.62. The minimum atomic E-state index is -3.51.